The lowest BCUT2D eigenvalue weighted by molar-refractivity contribution is 0.0693. The van der Waals surface area contributed by atoms with Crippen LogP contribution in [0.3, 0.4) is 0 Å². The Morgan fingerprint density at radius 1 is 1.44 bits per heavy atom. The quantitative estimate of drug-likeness (QED) is 0.710. The predicted molar refractivity (Wildman–Crippen MR) is 62.7 cm³/mol. The number of carboxylic acid groups (broad SMARTS) is 1. The van der Waals surface area contributed by atoms with Crippen LogP contribution in [0.5, 0.6) is 5.75 Å². The van der Waals surface area contributed by atoms with E-state index in [2.05, 4.69) is 10.3 Å². The van der Waals surface area contributed by atoms with Crippen molar-refractivity contribution in [1.82, 2.24) is 15.0 Å². The molecule has 0 amide bonds. The molecule has 0 aliphatic carbocycles. The monoisotopic (exact) mass is 248 g/mol. The lowest BCUT2D eigenvalue weighted by atomic mass is 10.1. The summed E-state index contributed by atoms with van der Waals surface area (Å²) in [7, 11) is 0. The third kappa shape index (κ3) is 2.16. The van der Waals surface area contributed by atoms with Gasteiger partial charge in [0.1, 0.15) is 11.3 Å². The molecule has 0 aliphatic heterocycles. The molecule has 1 heterocycles. The molecule has 0 bridgehead atoms. The minimum absolute atomic E-state index is 0.179. The first-order chi connectivity index (χ1) is 8.63. The minimum atomic E-state index is -1.20. The van der Waals surface area contributed by atoms with Crippen molar-refractivity contribution in [3.05, 3.63) is 35.7 Å². The van der Waals surface area contributed by atoms with Gasteiger partial charge in [0.05, 0.1) is 17.6 Å². The first kappa shape index (κ1) is 12.1. The summed E-state index contributed by atoms with van der Waals surface area (Å²) >= 11 is 0. The SMILES string of the molecule is NCCc1cnnn1-c1ccc(O)c(C(=O)O)c1. The van der Waals surface area contributed by atoms with Crippen LogP contribution in [-0.2, 0) is 6.42 Å². The summed E-state index contributed by atoms with van der Waals surface area (Å²) in [4.78, 5) is 10.9. The average Bonchev–Trinajstić information content (AvgIpc) is 2.78. The number of nitrogens with zero attached hydrogens (tertiary/aromatic N) is 3. The third-order valence-electron chi connectivity index (χ3n) is 2.48. The van der Waals surface area contributed by atoms with Crippen molar-refractivity contribution < 1.29 is 15.0 Å². The third-order valence-corrected chi connectivity index (χ3v) is 2.48. The van der Waals surface area contributed by atoms with Crippen LogP contribution in [0.25, 0.3) is 5.69 Å². The van der Waals surface area contributed by atoms with E-state index in [1.54, 1.807) is 12.3 Å². The Balaban J connectivity index is 2.47. The van der Waals surface area contributed by atoms with Gasteiger partial charge < -0.3 is 15.9 Å². The zero-order valence-corrected chi connectivity index (χ0v) is 9.45. The number of carboxylic acids is 1. The number of carbonyl (C=O) groups is 1. The highest BCUT2D eigenvalue weighted by Crippen LogP contribution is 2.21. The molecule has 94 valence electrons. The molecule has 18 heavy (non-hydrogen) atoms. The first-order valence-electron chi connectivity index (χ1n) is 5.30. The fourth-order valence-electron chi connectivity index (χ4n) is 1.62. The number of benzene rings is 1. The van der Waals surface area contributed by atoms with E-state index in [1.165, 1.54) is 16.8 Å². The zero-order valence-electron chi connectivity index (χ0n) is 9.45. The second-order valence-corrected chi connectivity index (χ2v) is 3.68. The highest BCUT2D eigenvalue weighted by atomic mass is 16.4. The summed E-state index contributed by atoms with van der Waals surface area (Å²) in [5.41, 5.74) is 6.58. The molecule has 0 saturated carbocycles. The second-order valence-electron chi connectivity index (χ2n) is 3.68. The van der Waals surface area contributed by atoms with Gasteiger partial charge in [-0.2, -0.15) is 0 Å². The van der Waals surface area contributed by atoms with E-state index in [4.69, 9.17) is 10.8 Å². The maximum Gasteiger partial charge on any atom is 0.339 e. The summed E-state index contributed by atoms with van der Waals surface area (Å²) in [5, 5.41) is 26.0. The Morgan fingerprint density at radius 2 is 2.22 bits per heavy atom. The van der Waals surface area contributed by atoms with E-state index in [-0.39, 0.29) is 11.3 Å². The van der Waals surface area contributed by atoms with Crippen molar-refractivity contribution in [2.45, 2.75) is 6.42 Å². The van der Waals surface area contributed by atoms with Crippen LogP contribution in [0.2, 0.25) is 0 Å². The molecule has 4 N–H and O–H groups in total. The molecule has 7 nitrogen and oxygen atoms in total. The van der Waals surface area contributed by atoms with E-state index in [0.29, 0.717) is 18.7 Å². The topological polar surface area (TPSA) is 114 Å². The van der Waals surface area contributed by atoms with Crippen molar-refractivity contribution in [1.29, 1.82) is 0 Å². The molecule has 0 atom stereocenters. The Kier molecular flexibility index (Phi) is 3.24. The van der Waals surface area contributed by atoms with Crippen LogP contribution in [0, 0.1) is 0 Å². The second kappa shape index (κ2) is 4.84. The van der Waals surface area contributed by atoms with Gasteiger partial charge in [-0.3, -0.25) is 0 Å². The lowest BCUT2D eigenvalue weighted by Crippen LogP contribution is -2.09. The maximum absolute atomic E-state index is 10.9. The summed E-state index contributed by atoms with van der Waals surface area (Å²) < 4.78 is 1.50. The molecule has 7 heteroatoms. The molecule has 0 saturated heterocycles. The minimum Gasteiger partial charge on any atom is -0.507 e. The van der Waals surface area contributed by atoms with Gasteiger partial charge in [0.25, 0.3) is 0 Å². The van der Waals surface area contributed by atoms with Crippen molar-refractivity contribution in [2.75, 3.05) is 6.54 Å². The molecule has 0 aliphatic rings. The van der Waals surface area contributed by atoms with Crippen LogP contribution in [0.4, 0.5) is 0 Å². The zero-order chi connectivity index (χ0) is 13.1. The number of rotatable bonds is 4. The van der Waals surface area contributed by atoms with Crippen LogP contribution in [0.1, 0.15) is 16.1 Å². The van der Waals surface area contributed by atoms with Crippen LogP contribution < -0.4 is 5.73 Å². The first-order valence-corrected chi connectivity index (χ1v) is 5.30. The molecule has 2 aromatic rings. The molecule has 0 fully saturated rings. The van der Waals surface area contributed by atoms with E-state index in [0.717, 1.165) is 5.69 Å². The molecular formula is C11H12N4O3. The van der Waals surface area contributed by atoms with E-state index >= 15 is 0 Å². The van der Waals surface area contributed by atoms with Gasteiger partial charge in [0.2, 0.25) is 0 Å². The highest BCUT2D eigenvalue weighted by Gasteiger charge is 2.13. The van der Waals surface area contributed by atoms with Gasteiger partial charge in [0.15, 0.2) is 0 Å². The molecular weight excluding hydrogens is 236 g/mol. The molecule has 0 spiro atoms. The van der Waals surface area contributed by atoms with Gasteiger partial charge >= 0.3 is 5.97 Å². The van der Waals surface area contributed by atoms with Crippen LogP contribution in [0.15, 0.2) is 24.4 Å². The molecule has 2 rings (SSSR count). The fraction of sp³-hybridized carbons (Fsp3) is 0.182. The van der Waals surface area contributed by atoms with Crippen molar-refractivity contribution in [3.8, 4) is 11.4 Å². The largest absolute Gasteiger partial charge is 0.507 e. The highest BCUT2D eigenvalue weighted by molar-refractivity contribution is 5.91. The summed E-state index contributed by atoms with van der Waals surface area (Å²) in [6.07, 6.45) is 2.15. The number of aromatic carboxylic acids is 1. The van der Waals surface area contributed by atoms with Gasteiger partial charge in [0, 0.05) is 6.42 Å². The smallest absolute Gasteiger partial charge is 0.339 e. The van der Waals surface area contributed by atoms with E-state index < -0.39 is 5.97 Å². The summed E-state index contributed by atoms with van der Waals surface area (Å²) in [5.74, 6) is -1.48. The number of hydrogen-bond acceptors (Lipinski definition) is 5. The maximum atomic E-state index is 10.9. The normalized spacial score (nSPS) is 10.5. The Bertz CT molecular complexity index is 579. The Morgan fingerprint density at radius 3 is 2.89 bits per heavy atom. The molecule has 0 radical (unpaired) electrons. The Hall–Kier alpha value is -2.41. The molecule has 0 unspecified atom stereocenters. The summed E-state index contributed by atoms with van der Waals surface area (Å²) in [6, 6.07) is 4.22. The number of hydrogen-bond donors (Lipinski definition) is 3. The van der Waals surface area contributed by atoms with Crippen LogP contribution >= 0.6 is 0 Å². The predicted octanol–water partition coefficient (Wildman–Crippen LogP) is 0.172. The molecule has 1 aromatic heterocycles. The van der Waals surface area contributed by atoms with Gasteiger partial charge in [-0.25, -0.2) is 9.48 Å². The van der Waals surface area contributed by atoms with Crippen molar-refractivity contribution in [2.24, 2.45) is 5.73 Å². The fourth-order valence-corrected chi connectivity index (χ4v) is 1.62. The van der Waals surface area contributed by atoms with Gasteiger partial charge in [-0.05, 0) is 24.7 Å². The average molecular weight is 248 g/mol. The number of nitrogens with two attached hydrogens (primary N) is 1. The van der Waals surface area contributed by atoms with Gasteiger partial charge in [-0.1, -0.05) is 5.21 Å². The van der Waals surface area contributed by atoms with E-state index in [1.807, 2.05) is 0 Å². The van der Waals surface area contributed by atoms with Crippen molar-refractivity contribution in [3.63, 3.8) is 0 Å². The lowest BCUT2D eigenvalue weighted by Gasteiger charge is -2.07. The summed E-state index contributed by atoms with van der Waals surface area (Å²) in [6.45, 7) is 0.442. The molecule has 1 aromatic carbocycles. The van der Waals surface area contributed by atoms with Gasteiger partial charge in [-0.15, -0.1) is 5.10 Å². The standard InChI is InChI=1S/C11H12N4O3/c12-4-3-8-6-13-14-15(8)7-1-2-10(16)9(5-7)11(17)18/h1-2,5-6,16H,3-4,12H2,(H,17,18). The van der Waals surface area contributed by atoms with Crippen molar-refractivity contribution >= 4 is 5.97 Å². The number of phenols is 1. The number of aromatic nitrogens is 3. The van der Waals surface area contributed by atoms with Crippen LogP contribution in [-0.4, -0.2) is 37.7 Å². The van der Waals surface area contributed by atoms with E-state index in [9.17, 15) is 9.90 Å². The number of aromatic hydroxyl groups is 1. The Labute approximate surface area is 102 Å².